The minimum atomic E-state index is 0.449. The van der Waals surface area contributed by atoms with Gasteiger partial charge in [0, 0.05) is 6.04 Å². The molecule has 0 saturated heterocycles. The monoisotopic (exact) mass is 231 g/mol. The van der Waals surface area contributed by atoms with Crippen molar-refractivity contribution < 1.29 is 0 Å². The second-order valence-corrected chi connectivity index (χ2v) is 4.99. The zero-order valence-corrected chi connectivity index (χ0v) is 11.7. The van der Waals surface area contributed by atoms with Gasteiger partial charge in [-0.3, -0.25) is 0 Å². The van der Waals surface area contributed by atoms with Crippen LogP contribution in [0, 0.1) is 0 Å². The molecule has 0 saturated carbocycles. The largest absolute Gasteiger partial charge is 0.311 e. The second kappa shape index (κ2) is 6.61. The van der Waals surface area contributed by atoms with Gasteiger partial charge in [0.2, 0.25) is 0 Å². The van der Waals surface area contributed by atoms with Crippen molar-refractivity contribution in [3.8, 4) is 0 Å². The van der Waals surface area contributed by atoms with Crippen molar-refractivity contribution >= 4 is 6.08 Å². The van der Waals surface area contributed by atoms with Gasteiger partial charge >= 0.3 is 0 Å². The highest BCUT2D eigenvalue weighted by atomic mass is 14.9. The first-order chi connectivity index (χ1) is 8.04. The average Bonchev–Trinajstić information content (AvgIpc) is 2.30. The Balaban J connectivity index is 2.77. The van der Waals surface area contributed by atoms with E-state index in [-0.39, 0.29) is 0 Å². The van der Waals surface area contributed by atoms with E-state index in [9.17, 15) is 0 Å². The molecule has 0 aliphatic carbocycles. The van der Waals surface area contributed by atoms with Crippen LogP contribution in [0.15, 0.2) is 29.8 Å². The Hall–Kier alpha value is -1.08. The molecule has 0 aromatic heterocycles. The van der Waals surface area contributed by atoms with E-state index < -0.39 is 0 Å². The van der Waals surface area contributed by atoms with Crippen LogP contribution in [0.4, 0.5) is 0 Å². The van der Waals surface area contributed by atoms with Crippen molar-refractivity contribution in [2.75, 3.05) is 6.54 Å². The van der Waals surface area contributed by atoms with E-state index >= 15 is 0 Å². The summed E-state index contributed by atoms with van der Waals surface area (Å²) in [5.74, 6) is 0.606. The topological polar surface area (TPSA) is 12.0 Å². The lowest BCUT2D eigenvalue weighted by Gasteiger charge is -2.13. The van der Waals surface area contributed by atoms with Gasteiger partial charge in [-0.05, 0) is 37.4 Å². The number of hydrogen-bond donors (Lipinski definition) is 1. The second-order valence-electron chi connectivity index (χ2n) is 4.99. The molecule has 1 nitrogen and oxygen atoms in total. The normalized spacial score (nSPS) is 14.1. The van der Waals surface area contributed by atoms with Gasteiger partial charge in [-0.2, -0.15) is 0 Å². The molecular weight excluding hydrogens is 206 g/mol. The standard InChI is InChI=1S/C16H25N/c1-6-17-14(5)13(4)11-15-7-9-16(10-8-15)12(2)3/h7-12,14,17H,6H2,1-5H3/b13-11+. The van der Waals surface area contributed by atoms with Crippen molar-refractivity contribution in [3.05, 3.63) is 41.0 Å². The van der Waals surface area contributed by atoms with Gasteiger partial charge in [-0.15, -0.1) is 0 Å². The highest BCUT2D eigenvalue weighted by Crippen LogP contribution is 2.16. The Morgan fingerprint density at radius 1 is 1.18 bits per heavy atom. The number of nitrogens with one attached hydrogen (secondary N) is 1. The molecule has 17 heavy (non-hydrogen) atoms. The lowest BCUT2D eigenvalue weighted by molar-refractivity contribution is 0.636. The van der Waals surface area contributed by atoms with E-state index in [1.165, 1.54) is 16.7 Å². The molecule has 1 atom stereocenters. The third kappa shape index (κ3) is 4.35. The van der Waals surface area contributed by atoms with Gasteiger partial charge < -0.3 is 5.32 Å². The van der Waals surface area contributed by atoms with E-state index in [1.807, 2.05) is 0 Å². The number of hydrogen-bond acceptors (Lipinski definition) is 1. The van der Waals surface area contributed by atoms with Crippen LogP contribution in [0.2, 0.25) is 0 Å². The molecule has 0 aliphatic heterocycles. The third-order valence-corrected chi connectivity index (χ3v) is 3.19. The zero-order valence-electron chi connectivity index (χ0n) is 11.7. The molecule has 1 heteroatoms. The maximum Gasteiger partial charge on any atom is 0.0251 e. The van der Waals surface area contributed by atoms with Crippen LogP contribution in [0.25, 0.3) is 6.08 Å². The molecule has 94 valence electrons. The van der Waals surface area contributed by atoms with E-state index in [4.69, 9.17) is 0 Å². The first-order valence-electron chi connectivity index (χ1n) is 6.56. The summed E-state index contributed by atoms with van der Waals surface area (Å²) < 4.78 is 0. The van der Waals surface area contributed by atoms with Crippen molar-refractivity contribution in [2.45, 2.75) is 46.6 Å². The first kappa shape index (κ1) is 14.0. The van der Waals surface area contributed by atoms with Gasteiger partial charge in [-0.25, -0.2) is 0 Å². The minimum Gasteiger partial charge on any atom is -0.311 e. The Morgan fingerprint density at radius 2 is 1.76 bits per heavy atom. The Bertz CT molecular complexity index is 360. The number of rotatable bonds is 5. The van der Waals surface area contributed by atoms with Crippen LogP contribution in [0.1, 0.15) is 51.7 Å². The molecule has 0 fully saturated rings. The van der Waals surface area contributed by atoms with Gasteiger partial charge in [0.05, 0.1) is 0 Å². The summed E-state index contributed by atoms with van der Waals surface area (Å²) in [5.41, 5.74) is 4.07. The van der Waals surface area contributed by atoms with Gasteiger partial charge in [0.15, 0.2) is 0 Å². The van der Waals surface area contributed by atoms with Crippen molar-refractivity contribution in [1.82, 2.24) is 5.32 Å². The quantitative estimate of drug-likeness (QED) is 0.800. The van der Waals surface area contributed by atoms with Gasteiger partial charge in [-0.1, -0.05) is 56.7 Å². The Labute approximate surface area is 106 Å². The van der Waals surface area contributed by atoms with Crippen molar-refractivity contribution in [3.63, 3.8) is 0 Å². The van der Waals surface area contributed by atoms with Crippen LogP contribution in [0.3, 0.4) is 0 Å². The lowest BCUT2D eigenvalue weighted by atomic mass is 10.0. The zero-order chi connectivity index (χ0) is 12.8. The summed E-state index contributed by atoms with van der Waals surface area (Å²) in [6.07, 6.45) is 2.26. The maximum absolute atomic E-state index is 3.43. The van der Waals surface area contributed by atoms with Crippen molar-refractivity contribution in [1.29, 1.82) is 0 Å². The molecule has 1 rings (SSSR count). The van der Waals surface area contributed by atoms with Gasteiger partial charge in [0.1, 0.15) is 0 Å². The van der Waals surface area contributed by atoms with Gasteiger partial charge in [0.25, 0.3) is 0 Å². The maximum atomic E-state index is 3.43. The smallest absolute Gasteiger partial charge is 0.0251 e. The van der Waals surface area contributed by atoms with E-state index in [2.05, 4.69) is 70.3 Å². The number of benzene rings is 1. The van der Waals surface area contributed by atoms with Crippen LogP contribution < -0.4 is 5.32 Å². The fourth-order valence-electron chi connectivity index (χ4n) is 1.83. The molecule has 0 radical (unpaired) electrons. The summed E-state index contributed by atoms with van der Waals surface area (Å²) >= 11 is 0. The summed E-state index contributed by atoms with van der Waals surface area (Å²) in [6.45, 7) is 12.0. The average molecular weight is 231 g/mol. The van der Waals surface area contributed by atoms with Crippen LogP contribution in [-0.4, -0.2) is 12.6 Å². The molecule has 0 bridgehead atoms. The SMILES string of the molecule is CCNC(C)/C(C)=C/c1ccc(C(C)C)cc1. The first-order valence-corrected chi connectivity index (χ1v) is 6.56. The van der Waals surface area contributed by atoms with Crippen molar-refractivity contribution in [2.24, 2.45) is 0 Å². The van der Waals surface area contributed by atoms with Crippen LogP contribution >= 0.6 is 0 Å². The summed E-state index contributed by atoms with van der Waals surface area (Å²) in [6, 6.07) is 9.31. The highest BCUT2D eigenvalue weighted by molar-refractivity contribution is 5.54. The molecule has 0 heterocycles. The molecule has 0 amide bonds. The molecule has 0 spiro atoms. The third-order valence-electron chi connectivity index (χ3n) is 3.19. The molecule has 0 aliphatic rings. The fraction of sp³-hybridized carbons (Fsp3) is 0.500. The Kier molecular flexibility index (Phi) is 5.43. The predicted octanol–water partition coefficient (Wildman–Crippen LogP) is 4.21. The summed E-state index contributed by atoms with van der Waals surface area (Å²) in [5, 5.41) is 3.43. The van der Waals surface area contributed by atoms with E-state index in [1.54, 1.807) is 0 Å². The summed E-state index contributed by atoms with van der Waals surface area (Å²) in [4.78, 5) is 0. The molecule has 1 unspecified atom stereocenters. The fourth-order valence-corrected chi connectivity index (χ4v) is 1.83. The van der Waals surface area contributed by atoms with E-state index in [0.29, 0.717) is 12.0 Å². The molecule has 1 aromatic rings. The highest BCUT2D eigenvalue weighted by Gasteiger charge is 2.02. The lowest BCUT2D eigenvalue weighted by Crippen LogP contribution is -2.26. The number of likely N-dealkylation sites (N-methyl/N-ethyl adjacent to an activating group) is 1. The summed E-state index contributed by atoms with van der Waals surface area (Å²) in [7, 11) is 0. The molecule has 1 aromatic carbocycles. The van der Waals surface area contributed by atoms with Crippen LogP contribution in [0.5, 0.6) is 0 Å². The predicted molar refractivity (Wildman–Crippen MR) is 77.3 cm³/mol. The Morgan fingerprint density at radius 3 is 2.24 bits per heavy atom. The van der Waals surface area contributed by atoms with E-state index in [0.717, 1.165) is 6.54 Å². The molecule has 1 N–H and O–H groups in total. The molecular formula is C16H25N. The van der Waals surface area contributed by atoms with Crippen LogP contribution in [-0.2, 0) is 0 Å². The minimum absolute atomic E-state index is 0.449.